The molecule has 0 amide bonds. The van der Waals surface area contributed by atoms with Crippen molar-refractivity contribution in [3.8, 4) is 5.88 Å². The van der Waals surface area contributed by atoms with Gasteiger partial charge in [-0.2, -0.15) is 0 Å². The van der Waals surface area contributed by atoms with Gasteiger partial charge in [0.25, 0.3) is 6.43 Å². The number of rotatable bonds is 2. The molecule has 2 N–H and O–H groups in total. The molecule has 1 aromatic heterocycles. The lowest BCUT2D eigenvalue weighted by atomic mass is 10.2. The molecule has 1 heterocycles. The van der Waals surface area contributed by atoms with E-state index in [1.54, 1.807) is 0 Å². The van der Waals surface area contributed by atoms with Crippen molar-refractivity contribution in [2.24, 2.45) is 0 Å². The fraction of sp³-hybridized carbons (Fsp3) is 0.286. The van der Waals surface area contributed by atoms with Gasteiger partial charge in [0, 0.05) is 0 Å². The molecule has 0 unspecified atom stereocenters. The third-order valence-electron chi connectivity index (χ3n) is 1.47. The van der Waals surface area contributed by atoms with Crippen molar-refractivity contribution < 1.29 is 13.5 Å². The van der Waals surface area contributed by atoms with E-state index in [1.807, 2.05) is 0 Å². The Morgan fingerprint density at radius 3 is 2.69 bits per heavy atom. The van der Waals surface area contributed by atoms with Gasteiger partial charge in [-0.1, -0.05) is 0 Å². The second-order valence-electron chi connectivity index (χ2n) is 2.25. The van der Waals surface area contributed by atoms with E-state index in [1.165, 1.54) is 7.11 Å². The van der Waals surface area contributed by atoms with Crippen molar-refractivity contribution in [3.63, 3.8) is 0 Å². The lowest BCUT2D eigenvalue weighted by Crippen LogP contribution is -2.00. The topological polar surface area (TPSA) is 48.1 Å². The van der Waals surface area contributed by atoms with Crippen LogP contribution in [-0.2, 0) is 0 Å². The molecule has 3 nitrogen and oxygen atoms in total. The summed E-state index contributed by atoms with van der Waals surface area (Å²) >= 11 is 2.95. The van der Waals surface area contributed by atoms with Crippen LogP contribution in [0.5, 0.6) is 5.88 Å². The van der Waals surface area contributed by atoms with Gasteiger partial charge in [0.1, 0.15) is 0 Å². The Balaban J connectivity index is 3.30. The van der Waals surface area contributed by atoms with Crippen LogP contribution in [-0.4, -0.2) is 12.1 Å². The summed E-state index contributed by atoms with van der Waals surface area (Å²) in [6.45, 7) is 0. The fourth-order valence-corrected chi connectivity index (χ4v) is 1.53. The van der Waals surface area contributed by atoms with E-state index in [2.05, 4.69) is 20.9 Å². The normalized spacial score (nSPS) is 10.5. The zero-order chi connectivity index (χ0) is 10.0. The first-order valence-corrected chi connectivity index (χ1v) is 4.13. The lowest BCUT2D eigenvalue weighted by Gasteiger charge is -2.09. The lowest BCUT2D eigenvalue weighted by molar-refractivity contribution is 0.150. The van der Waals surface area contributed by atoms with Crippen molar-refractivity contribution in [3.05, 3.63) is 16.2 Å². The second-order valence-corrected chi connectivity index (χ2v) is 3.04. The molecule has 0 aliphatic heterocycles. The number of pyridine rings is 1. The van der Waals surface area contributed by atoms with Gasteiger partial charge in [-0.3, -0.25) is 0 Å². The average molecular weight is 253 g/mol. The average Bonchev–Trinajstić information content (AvgIpc) is 2.04. The molecule has 0 spiro atoms. The van der Waals surface area contributed by atoms with Gasteiger partial charge in [0.2, 0.25) is 5.88 Å². The maximum Gasteiger partial charge on any atom is 0.267 e. The van der Waals surface area contributed by atoms with Crippen LogP contribution in [0.4, 0.5) is 14.5 Å². The number of aromatic nitrogens is 1. The molecule has 0 saturated carbocycles. The molecule has 72 valence electrons. The van der Waals surface area contributed by atoms with Gasteiger partial charge >= 0.3 is 0 Å². The first-order valence-electron chi connectivity index (χ1n) is 3.34. The summed E-state index contributed by atoms with van der Waals surface area (Å²) in [6, 6.07) is 0. The number of ether oxygens (including phenoxy) is 1. The van der Waals surface area contributed by atoms with E-state index in [0.29, 0.717) is 0 Å². The van der Waals surface area contributed by atoms with Gasteiger partial charge < -0.3 is 10.5 Å². The van der Waals surface area contributed by atoms with E-state index < -0.39 is 6.43 Å². The SMILES string of the molecule is COc1ncc(N)c(C(F)F)c1Br. The van der Waals surface area contributed by atoms with Crippen LogP contribution in [0.2, 0.25) is 0 Å². The Bertz CT molecular complexity index is 320. The molecule has 13 heavy (non-hydrogen) atoms. The highest BCUT2D eigenvalue weighted by molar-refractivity contribution is 9.10. The first-order chi connectivity index (χ1) is 6.07. The summed E-state index contributed by atoms with van der Waals surface area (Å²) < 4.78 is 29.7. The number of nitrogen functional groups attached to an aromatic ring is 1. The number of nitrogens with zero attached hydrogens (tertiary/aromatic N) is 1. The van der Waals surface area contributed by atoms with Gasteiger partial charge in [0.05, 0.1) is 29.0 Å². The monoisotopic (exact) mass is 252 g/mol. The highest BCUT2D eigenvalue weighted by Gasteiger charge is 2.19. The predicted octanol–water partition coefficient (Wildman–Crippen LogP) is 2.37. The van der Waals surface area contributed by atoms with E-state index in [0.717, 1.165) is 6.20 Å². The van der Waals surface area contributed by atoms with Crippen LogP contribution in [0.25, 0.3) is 0 Å². The van der Waals surface area contributed by atoms with Crippen LogP contribution in [0.15, 0.2) is 10.7 Å². The standard InChI is InChI=1S/C7H7BrF2N2O/c1-13-7-5(8)4(6(9)10)3(11)2-12-7/h2,6H,11H2,1H3. The van der Waals surface area contributed by atoms with Crippen LogP contribution in [0.1, 0.15) is 12.0 Å². The third kappa shape index (κ3) is 1.88. The van der Waals surface area contributed by atoms with E-state index in [9.17, 15) is 8.78 Å². The van der Waals surface area contributed by atoms with Crippen molar-refractivity contribution in [2.75, 3.05) is 12.8 Å². The van der Waals surface area contributed by atoms with Crippen molar-refractivity contribution in [1.29, 1.82) is 0 Å². The zero-order valence-corrected chi connectivity index (χ0v) is 8.31. The quantitative estimate of drug-likeness (QED) is 0.880. The summed E-state index contributed by atoms with van der Waals surface area (Å²) in [5.74, 6) is 0.101. The molecular formula is C7H7BrF2N2O. The largest absolute Gasteiger partial charge is 0.480 e. The number of nitrogens with two attached hydrogens (primary N) is 1. The third-order valence-corrected chi connectivity index (χ3v) is 2.23. The molecule has 0 aliphatic rings. The number of alkyl halides is 2. The summed E-state index contributed by atoms with van der Waals surface area (Å²) in [7, 11) is 1.35. The Labute approximate surface area is 82.0 Å². The number of hydrogen-bond donors (Lipinski definition) is 1. The molecule has 6 heteroatoms. The second kappa shape index (κ2) is 3.87. The highest BCUT2D eigenvalue weighted by Crippen LogP contribution is 2.36. The summed E-state index contributed by atoms with van der Waals surface area (Å²) in [5.41, 5.74) is 4.98. The first kappa shape index (κ1) is 10.2. The van der Waals surface area contributed by atoms with E-state index in [4.69, 9.17) is 10.5 Å². The van der Waals surface area contributed by atoms with Crippen molar-refractivity contribution in [1.82, 2.24) is 4.98 Å². The van der Waals surface area contributed by atoms with E-state index in [-0.39, 0.29) is 21.6 Å². The van der Waals surface area contributed by atoms with Gasteiger partial charge in [-0.05, 0) is 15.9 Å². The Kier molecular flexibility index (Phi) is 3.02. The molecule has 0 radical (unpaired) electrons. The zero-order valence-electron chi connectivity index (χ0n) is 6.72. The van der Waals surface area contributed by atoms with Crippen LogP contribution < -0.4 is 10.5 Å². The predicted molar refractivity (Wildman–Crippen MR) is 47.9 cm³/mol. The van der Waals surface area contributed by atoms with E-state index >= 15 is 0 Å². The minimum absolute atomic E-state index is 0.0531. The number of halogens is 3. The van der Waals surface area contributed by atoms with Crippen molar-refractivity contribution >= 4 is 21.6 Å². The smallest absolute Gasteiger partial charge is 0.267 e. The van der Waals surface area contributed by atoms with Crippen LogP contribution in [0, 0.1) is 0 Å². The van der Waals surface area contributed by atoms with Gasteiger partial charge in [0.15, 0.2) is 0 Å². The number of anilines is 1. The molecule has 1 aromatic rings. The van der Waals surface area contributed by atoms with Crippen molar-refractivity contribution in [2.45, 2.75) is 6.43 Å². The molecule has 0 saturated heterocycles. The summed E-state index contributed by atoms with van der Waals surface area (Å²) in [4.78, 5) is 3.71. The number of methoxy groups -OCH3 is 1. The van der Waals surface area contributed by atoms with Gasteiger partial charge in [-0.25, -0.2) is 13.8 Å². The number of hydrogen-bond acceptors (Lipinski definition) is 3. The summed E-state index contributed by atoms with van der Waals surface area (Å²) in [5, 5.41) is 0. The maximum absolute atomic E-state index is 12.4. The fourth-order valence-electron chi connectivity index (χ4n) is 0.860. The minimum atomic E-state index is -2.65. The summed E-state index contributed by atoms with van der Waals surface area (Å²) in [6.07, 6.45) is -1.50. The molecule has 0 bridgehead atoms. The minimum Gasteiger partial charge on any atom is -0.480 e. The Hall–Kier alpha value is -0.910. The molecule has 0 aromatic carbocycles. The van der Waals surface area contributed by atoms with Crippen LogP contribution >= 0.6 is 15.9 Å². The molecule has 0 aliphatic carbocycles. The maximum atomic E-state index is 12.4. The molecule has 0 atom stereocenters. The molecular weight excluding hydrogens is 246 g/mol. The highest BCUT2D eigenvalue weighted by atomic mass is 79.9. The van der Waals surface area contributed by atoms with Crippen LogP contribution in [0.3, 0.4) is 0 Å². The Morgan fingerprint density at radius 1 is 1.62 bits per heavy atom. The molecule has 0 fully saturated rings. The Morgan fingerprint density at radius 2 is 2.23 bits per heavy atom. The van der Waals surface area contributed by atoms with Gasteiger partial charge in [-0.15, -0.1) is 0 Å². The molecule has 1 rings (SSSR count).